The van der Waals surface area contributed by atoms with Crippen LogP contribution in [-0.2, 0) is 4.79 Å². The monoisotopic (exact) mass is 265 g/mol. The fourth-order valence-electron chi connectivity index (χ4n) is 2.36. The molecule has 1 aliphatic rings. The molecule has 0 N–H and O–H groups in total. The molecule has 2 rings (SSSR count). The minimum atomic E-state index is -0.550. The number of ether oxygens (including phenoxy) is 1. The van der Waals surface area contributed by atoms with Gasteiger partial charge in [-0.15, -0.1) is 0 Å². The van der Waals surface area contributed by atoms with Gasteiger partial charge in [-0.3, -0.25) is 9.59 Å². The van der Waals surface area contributed by atoms with E-state index in [9.17, 15) is 14.0 Å². The van der Waals surface area contributed by atoms with Crippen LogP contribution in [0.25, 0.3) is 0 Å². The summed E-state index contributed by atoms with van der Waals surface area (Å²) in [5.74, 6) is -0.574. The molecule has 0 unspecified atom stereocenters. The normalized spacial score (nSPS) is 17.7. The number of Topliss-reactive ketones (excluding diaryl/α,β-unsaturated/α-hetero) is 1. The van der Waals surface area contributed by atoms with E-state index in [1.807, 2.05) is 13.8 Å². The van der Waals surface area contributed by atoms with Crippen molar-refractivity contribution in [3.63, 3.8) is 0 Å². The SMILES string of the molecule is COc1ccc(F)cc1C(=O)N1CC(=O)CC1(C)C. The summed E-state index contributed by atoms with van der Waals surface area (Å²) in [6.45, 7) is 3.70. The first kappa shape index (κ1) is 13.5. The molecular weight excluding hydrogens is 249 g/mol. The second-order valence-electron chi connectivity index (χ2n) is 5.26. The number of hydrogen-bond donors (Lipinski definition) is 0. The van der Waals surface area contributed by atoms with Crippen LogP contribution >= 0.6 is 0 Å². The van der Waals surface area contributed by atoms with Gasteiger partial charge in [0.05, 0.1) is 19.2 Å². The summed E-state index contributed by atoms with van der Waals surface area (Å²) in [6, 6.07) is 3.78. The van der Waals surface area contributed by atoms with Crippen LogP contribution in [0.4, 0.5) is 4.39 Å². The zero-order valence-corrected chi connectivity index (χ0v) is 11.2. The first-order chi connectivity index (χ1) is 8.85. The highest BCUT2D eigenvalue weighted by Gasteiger charge is 2.41. The number of benzene rings is 1. The number of halogens is 1. The maximum absolute atomic E-state index is 13.3. The van der Waals surface area contributed by atoms with E-state index >= 15 is 0 Å². The number of ketones is 1. The van der Waals surface area contributed by atoms with E-state index in [-0.39, 0.29) is 23.8 Å². The average molecular weight is 265 g/mol. The smallest absolute Gasteiger partial charge is 0.258 e. The van der Waals surface area contributed by atoms with Gasteiger partial charge in [0.1, 0.15) is 11.6 Å². The molecule has 1 aromatic carbocycles. The van der Waals surface area contributed by atoms with Gasteiger partial charge in [-0.05, 0) is 32.0 Å². The first-order valence-electron chi connectivity index (χ1n) is 6.02. The van der Waals surface area contributed by atoms with Gasteiger partial charge in [-0.25, -0.2) is 4.39 Å². The van der Waals surface area contributed by atoms with E-state index < -0.39 is 11.4 Å². The minimum Gasteiger partial charge on any atom is -0.496 e. The Bertz CT molecular complexity index is 539. The number of methoxy groups -OCH3 is 1. The van der Waals surface area contributed by atoms with Crippen molar-refractivity contribution in [2.24, 2.45) is 0 Å². The Hall–Kier alpha value is -1.91. The first-order valence-corrected chi connectivity index (χ1v) is 6.02. The average Bonchev–Trinajstić information content (AvgIpc) is 2.61. The van der Waals surface area contributed by atoms with E-state index in [4.69, 9.17) is 4.74 Å². The van der Waals surface area contributed by atoms with Crippen LogP contribution in [-0.4, -0.2) is 35.8 Å². The van der Waals surface area contributed by atoms with E-state index in [0.717, 1.165) is 6.07 Å². The third-order valence-electron chi connectivity index (χ3n) is 3.33. The van der Waals surface area contributed by atoms with Crippen LogP contribution in [0.1, 0.15) is 30.6 Å². The lowest BCUT2D eigenvalue weighted by Gasteiger charge is -2.31. The highest BCUT2D eigenvalue weighted by Crippen LogP contribution is 2.30. The van der Waals surface area contributed by atoms with Crippen molar-refractivity contribution in [2.75, 3.05) is 13.7 Å². The summed E-state index contributed by atoms with van der Waals surface area (Å²) in [5, 5.41) is 0. The number of rotatable bonds is 2. The van der Waals surface area contributed by atoms with Gasteiger partial charge in [0.25, 0.3) is 5.91 Å². The van der Waals surface area contributed by atoms with Crippen LogP contribution in [0.5, 0.6) is 5.75 Å². The third-order valence-corrected chi connectivity index (χ3v) is 3.33. The molecular formula is C14H16FNO3. The number of nitrogens with zero attached hydrogens (tertiary/aromatic N) is 1. The van der Waals surface area contributed by atoms with Gasteiger partial charge in [0, 0.05) is 12.0 Å². The molecule has 0 saturated carbocycles. The molecule has 102 valence electrons. The summed E-state index contributed by atoms with van der Waals surface area (Å²) in [4.78, 5) is 25.5. The lowest BCUT2D eigenvalue weighted by Crippen LogP contribution is -2.42. The summed E-state index contributed by atoms with van der Waals surface area (Å²) in [7, 11) is 1.42. The minimum absolute atomic E-state index is 0.00807. The standard InChI is InChI=1S/C14H16FNO3/c1-14(2)7-10(17)8-16(14)13(18)11-6-9(15)4-5-12(11)19-3/h4-6H,7-8H2,1-3H3. The van der Waals surface area contributed by atoms with Gasteiger partial charge < -0.3 is 9.64 Å². The Morgan fingerprint density at radius 3 is 2.63 bits per heavy atom. The molecule has 1 aromatic rings. The van der Waals surface area contributed by atoms with Gasteiger partial charge in [-0.2, -0.15) is 0 Å². The Kier molecular flexibility index (Phi) is 3.30. The summed E-state index contributed by atoms with van der Waals surface area (Å²) in [5.41, 5.74) is -0.406. The second kappa shape index (κ2) is 4.64. The van der Waals surface area contributed by atoms with Crippen molar-refractivity contribution in [1.82, 2.24) is 4.90 Å². The molecule has 1 heterocycles. The van der Waals surface area contributed by atoms with Gasteiger partial charge in [-0.1, -0.05) is 0 Å². The predicted octanol–water partition coefficient (Wildman–Crippen LogP) is 2.03. The summed E-state index contributed by atoms with van der Waals surface area (Å²) < 4.78 is 18.4. The molecule has 0 radical (unpaired) electrons. The quantitative estimate of drug-likeness (QED) is 0.822. The Morgan fingerprint density at radius 1 is 1.42 bits per heavy atom. The molecule has 1 amide bonds. The lowest BCUT2D eigenvalue weighted by atomic mass is 10.0. The Labute approximate surface area is 111 Å². The number of carbonyl (C=O) groups is 2. The zero-order valence-electron chi connectivity index (χ0n) is 11.2. The van der Waals surface area contributed by atoms with Crippen molar-refractivity contribution in [1.29, 1.82) is 0 Å². The van der Waals surface area contributed by atoms with Gasteiger partial charge >= 0.3 is 0 Å². The topological polar surface area (TPSA) is 46.6 Å². The molecule has 1 fully saturated rings. The molecule has 1 aliphatic heterocycles. The molecule has 19 heavy (non-hydrogen) atoms. The maximum atomic E-state index is 13.3. The van der Waals surface area contributed by atoms with Crippen molar-refractivity contribution < 1.29 is 18.7 Å². The fraction of sp³-hybridized carbons (Fsp3) is 0.429. The predicted molar refractivity (Wildman–Crippen MR) is 67.7 cm³/mol. The van der Waals surface area contributed by atoms with E-state index in [0.29, 0.717) is 12.2 Å². The number of hydrogen-bond acceptors (Lipinski definition) is 3. The number of carbonyl (C=O) groups excluding carboxylic acids is 2. The molecule has 5 heteroatoms. The number of amides is 1. The van der Waals surface area contributed by atoms with Crippen LogP contribution in [0.3, 0.4) is 0 Å². The van der Waals surface area contributed by atoms with E-state index in [1.54, 1.807) is 0 Å². The molecule has 0 bridgehead atoms. The van der Waals surface area contributed by atoms with Crippen LogP contribution < -0.4 is 4.74 Å². The molecule has 1 saturated heterocycles. The summed E-state index contributed by atoms with van der Waals surface area (Å²) >= 11 is 0. The maximum Gasteiger partial charge on any atom is 0.258 e. The van der Waals surface area contributed by atoms with Gasteiger partial charge in [0.2, 0.25) is 0 Å². The van der Waals surface area contributed by atoms with Crippen molar-refractivity contribution >= 4 is 11.7 Å². The van der Waals surface area contributed by atoms with Crippen molar-refractivity contribution in [3.05, 3.63) is 29.6 Å². The van der Waals surface area contributed by atoms with Crippen LogP contribution in [0, 0.1) is 5.82 Å². The fourth-order valence-corrected chi connectivity index (χ4v) is 2.36. The molecule has 0 aromatic heterocycles. The largest absolute Gasteiger partial charge is 0.496 e. The van der Waals surface area contributed by atoms with Crippen LogP contribution in [0.2, 0.25) is 0 Å². The number of likely N-dealkylation sites (tertiary alicyclic amines) is 1. The lowest BCUT2D eigenvalue weighted by molar-refractivity contribution is -0.116. The van der Waals surface area contributed by atoms with Gasteiger partial charge in [0.15, 0.2) is 5.78 Å². The molecule has 0 spiro atoms. The second-order valence-corrected chi connectivity index (χ2v) is 5.26. The molecule has 0 aliphatic carbocycles. The van der Waals surface area contributed by atoms with E-state index in [1.165, 1.54) is 24.1 Å². The molecule has 0 atom stereocenters. The van der Waals surface area contributed by atoms with Crippen LogP contribution in [0.15, 0.2) is 18.2 Å². The molecule has 4 nitrogen and oxygen atoms in total. The van der Waals surface area contributed by atoms with Crippen molar-refractivity contribution in [2.45, 2.75) is 25.8 Å². The van der Waals surface area contributed by atoms with Crippen molar-refractivity contribution in [3.8, 4) is 5.75 Å². The van der Waals surface area contributed by atoms with E-state index in [2.05, 4.69) is 0 Å². The highest BCUT2D eigenvalue weighted by molar-refractivity contribution is 6.01. The Morgan fingerprint density at radius 2 is 2.11 bits per heavy atom. The summed E-state index contributed by atoms with van der Waals surface area (Å²) in [6.07, 6.45) is 0.316. The highest BCUT2D eigenvalue weighted by atomic mass is 19.1. The Balaban J connectivity index is 2.39. The third kappa shape index (κ3) is 2.45. The zero-order chi connectivity index (χ0) is 14.2.